The molecule has 0 bridgehead atoms. The van der Waals surface area contributed by atoms with Gasteiger partial charge in [-0.25, -0.2) is 4.79 Å². The summed E-state index contributed by atoms with van der Waals surface area (Å²) in [6.45, 7) is 0. The van der Waals surface area contributed by atoms with Gasteiger partial charge in [0.05, 0.1) is 11.4 Å². The van der Waals surface area contributed by atoms with Crippen LogP contribution in [0.15, 0.2) is 48.5 Å². The quantitative estimate of drug-likeness (QED) is 0.461. The Morgan fingerprint density at radius 1 is 1.04 bits per heavy atom. The van der Waals surface area contributed by atoms with Crippen molar-refractivity contribution in [3.05, 3.63) is 64.1 Å². The Balaban J connectivity index is 2.02. The van der Waals surface area contributed by atoms with Crippen LogP contribution in [0.25, 0.3) is 0 Å². The molecule has 132 valence electrons. The maximum atomic E-state index is 12.4. The van der Waals surface area contributed by atoms with E-state index in [0.29, 0.717) is 10.7 Å². The number of ketones is 1. The monoisotopic (exact) mass is 419 g/mol. The zero-order valence-electron chi connectivity index (χ0n) is 12.7. The van der Waals surface area contributed by atoms with Crippen LogP contribution in [0.3, 0.4) is 0 Å². The van der Waals surface area contributed by atoms with Crippen LogP contribution in [0, 0.1) is 0 Å². The van der Waals surface area contributed by atoms with Gasteiger partial charge in [-0.1, -0.05) is 41.4 Å². The molecule has 2 rings (SSSR count). The fourth-order valence-electron chi connectivity index (χ4n) is 2.00. The lowest BCUT2D eigenvalue weighted by Gasteiger charge is -2.19. The predicted molar refractivity (Wildman–Crippen MR) is 101 cm³/mol. The van der Waals surface area contributed by atoms with Crippen molar-refractivity contribution in [1.82, 2.24) is 0 Å². The van der Waals surface area contributed by atoms with Crippen molar-refractivity contribution in [1.29, 1.82) is 0 Å². The van der Waals surface area contributed by atoms with Gasteiger partial charge in [-0.15, -0.1) is 23.2 Å². The van der Waals surface area contributed by atoms with Gasteiger partial charge in [-0.2, -0.15) is 0 Å². The number of amides is 1. The maximum Gasteiger partial charge on any atom is 0.412 e. The third-order valence-electron chi connectivity index (χ3n) is 3.18. The first-order valence-corrected chi connectivity index (χ1v) is 8.79. The molecule has 0 spiro atoms. The second-order valence-electron chi connectivity index (χ2n) is 5.02. The minimum absolute atomic E-state index is 0.200. The average molecular weight is 421 g/mol. The van der Waals surface area contributed by atoms with E-state index in [1.54, 1.807) is 30.3 Å². The highest BCUT2D eigenvalue weighted by Crippen LogP contribution is 2.25. The fraction of sp³-hybridized carbons (Fsp3) is 0.176. The van der Waals surface area contributed by atoms with E-state index in [9.17, 15) is 9.59 Å². The number of hydrogen-bond donors (Lipinski definition) is 1. The first-order valence-electron chi connectivity index (χ1n) is 7.16. The first-order chi connectivity index (χ1) is 11.9. The second-order valence-corrected chi connectivity index (χ2v) is 7.03. The Morgan fingerprint density at radius 2 is 1.72 bits per heavy atom. The van der Waals surface area contributed by atoms with E-state index in [4.69, 9.17) is 51.1 Å². The second kappa shape index (κ2) is 9.30. The molecular weight excluding hydrogens is 408 g/mol. The van der Waals surface area contributed by atoms with Crippen molar-refractivity contribution in [3.8, 4) is 0 Å². The van der Waals surface area contributed by atoms with Gasteiger partial charge < -0.3 is 4.74 Å². The largest absolute Gasteiger partial charge is 0.443 e. The molecule has 0 aliphatic rings. The molecule has 0 radical (unpaired) electrons. The SMILES string of the molecule is O=C(Nc1ccccc1)OC(CC(=O)c1ccc(Cl)cc1Cl)C(Cl)Cl. The van der Waals surface area contributed by atoms with Crippen LogP contribution >= 0.6 is 46.4 Å². The Labute approximate surface area is 165 Å². The summed E-state index contributed by atoms with van der Waals surface area (Å²) in [5, 5.41) is 3.13. The van der Waals surface area contributed by atoms with Gasteiger partial charge in [0.15, 0.2) is 5.78 Å². The molecule has 0 heterocycles. The number of anilines is 1. The zero-order chi connectivity index (χ0) is 18.4. The number of nitrogens with one attached hydrogen (secondary N) is 1. The van der Waals surface area contributed by atoms with Crippen molar-refractivity contribution in [2.45, 2.75) is 17.4 Å². The number of carbonyl (C=O) groups is 2. The van der Waals surface area contributed by atoms with Crippen molar-refractivity contribution in [3.63, 3.8) is 0 Å². The summed E-state index contributed by atoms with van der Waals surface area (Å²) in [7, 11) is 0. The number of hydrogen-bond acceptors (Lipinski definition) is 3. The number of rotatable bonds is 6. The van der Waals surface area contributed by atoms with Gasteiger partial charge in [0, 0.05) is 16.3 Å². The summed E-state index contributed by atoms with van der Waals surface area (Å²) >= 11 is 23.5. The van der Waals surface area contributed by atoms with E-state index < -0.39 is 17.0 Å². The smallest absolute Gasteiger partial charge is 0.412 e. The first kappa shape index (κ1) is 19.9. The number of carbonyl (C=O) groups excluding carboxylic acids is 2. The highest BCUT2D eigenvalue weighted by atomic mass is 35.5. The number of para-hydroxylation sites is 1. The summed E-state index contributed by atoms with van der Waals surface area (Å²) in [6, 6.07) is 13.2. The molecule has 25 heavy (non-hydrogen) atoms. The van der Waals surface area contributed by atoms with Gasteiger partial charge >= 0.3 is 6.09 Å². The molecule has 0 saturated heterocycles. The molecule has 1 N–H and O–H groups in total. The number of alkyl halides is 2. The van der Waals surface area contributed by atoms with Crippen molar-refractivity contribution < 1.29 is 14.3 Å². The summed E-state index contributed by atoms with van der Waals surface area (Å²) in [4.78, 5) is 23.2. The molecule has 4 nitrogen and oxygen atoms in total. The van der Waals surface area contributed by atoms with Gasteiger partial charge in [0.25, 0.3) is 0 Å². The lowest BCUT2D eigenvalue weighted by molar-refractivity contribution is 0.0832. The van der Waals surface area contributed by atoms with Gasteiger partial charge in [0.2, 0.25) is 0 Å². The fourth-order valence-corrected chi connectivity index (χ4v) is 2.79. The van der Waals surface area contributed by atoms with Gasteiger partial charge in [0.1, 0.15) is 10.9 Å². The van der Waals surface area contributed by atoms with Gasteiger partial charge in [-0.05, 0) is 30.3 Å². The minimum atomic E-state index is -1.09. The Hall–Kier alpha value is -1.46. The highest BCUT2D eigenvalue weighted by Gasteiger charge is 2.26. The third-order valence-corrected chi connectivity index (χ3v) is 4.29. The van der Waals surface area contributed by atoms with Crippen molar-refractivity contribution in [2.75, 3.05) is 5.32 Å². The molecule has 1 atom stereocenters. The van der Waals surface area contributed by atoms with Crippen LogP contribution in [0.4, 0.5) is 10.5 Å². The summed E-state index contributed by atoms with van der Waals surface area (Å²) < 4.78 is 5.17. The highest BCUT2D eigenvalue weighted by molar-refractivity contribution is 6.45. The van der Waals surface area contributed by atoms with Crippen LogP contribution in [0.5, 0.6) is 0 Å². The molecule has 0 aliphatic heterocycles. The standard InChI is InChI=1S/C17H13Cl4NO3/c18-10-6-7-12(13(19)8-10)14(23)9-15(16(20)21)25-17(24)22-11-4-2-1-3-5-11/h1-8,15-16H,9H2,(H,22,24). The molecule has 2 aromatic rings. The molecule has 0 saturated carbocycles. The van der Waals surface area contributed by atoms with Crippen LogP contribution in [-0.2, 0) is 4.74 Å². The lowest BCUT2D eigenvalue weighted by atomic mass is 10.1. The maximum absolute atomic E-state index is 12.4. The zero-order valence-corrected chi connectivity index (χ0v) is 15.7. The van der Waals surface area contributed by atoms with Gasteiger partial charge in [-0.3, -0.25) is 10.1 Å². The van der Waals surface area contributed by atoms with Crippen molar-refractivity contribution >= 4 is 64.0 Å². The molecule has 1 amide bonds. The number of Topliss-reactive ketones (excluding diaryl/α,β-unsaturated/α-hetero) is 1. The lowest BCUT2D eigenvalue weighted by Crippen LogP contribution is -2.29. The third kappa shape index (κ3) is 6.08. The Kier molecular flexibility index (Phi) is 7.38. The Bertz CT molecular complexity index is 753. The van der Waals surface area contributed by atoms with Crippen LogP contribution in [0.2, 0.25) is 10.0 Å². The summed E-state index contributed by atoms with van der Waals surface area (Å²) in [6.07, 6.45) is -2.02. The van der Waals surface area contributed by atoms with E-state index in [0.717, 1.165) is 0 Å². The minimum Gasteiger partial charge on any atom is -0.443 e. The molecular formula is C17H13Cl4NO3. The average Bonchev–Trinajstić information content (AvgIpc) is 2.54. The van der Waals surface area contributed by atoms with Crippen molar-refractivity contribution in [2.24, 2.45) is 0 Å². The number of halogens is 4. The Morgan fingerprint density at radius 3 is 2.32 bits per heavy atom. The van der Waals surface area contributed by atoms with Crippen LogP contribution in [0.1, 0.15) is 16.8 Å². The molecule has 0 aromatic heterocycles. The topological polar surface area (TPSA) is 55.4 Å². The molecule has 8 heteroatoms. The van der Waals surface area contributed by atoms with E-state index in [1.165, 1.54) is 18.2 Å². The molecule has 1 unspecified atom stereocenters. The normalized spacial score (nSPS) is 11.9. The van der Waals surface area contributed by atoms with E-state index in [1.807, 2.05) is 0 Å². The summed E-state index contributed by atoms with van der Waals surface area (Å²) in [5.41, 5.74) is 0.788. The van der Waals surface area contributed by atoms with E-state index >= 15 is 0 Å². The van der Waals surface area contributed by atoms with Crippen LogP contribution < -0.4 is 5.32 Å². The number of benzene rings is 2. The summed E-state index contributed by atoms with van der Waals surface area (Å²) in [5.74, 6) is -0.370. The number of ether oxygens (including phenoxy) is 1. The predicted octanol–water partition coefficient (Wildman–Crippen LogP) is 5.99. The van der Waals surface area contributed by atoms with E-state index in [-0.39, 0.29) is 22.8 Å². The van der Waals surface area contributed by atoms with E-state index in [2.05, 4.69) is 5.32 Å². The molecule has 2 aromatic carbocycles. The molecule has 0 aliphatic carbocycles. The molecule has 0 fully saturated rings. The van der Waals surface area contributed by atoms with Crippen LogP contribution in [-0.4, -0.2) is 22.8 Å².